The van der Waals surface area contributed by atoms with Crippen LogP contribution in [0, 0.1) is 11.8 Å². The monoisotopic (exact) mass is 234 g/mol. The SMILES string of the molecule is O/C(C#Cc1ccccc1)=C\Cc1ccccc1. The summed E-state index contributed by atoms with van der Waals surface area (Å²) in [5.74, 6) is 5.76. The van der Waals surface area contributed by atoms with E-state index in [4.69, 9.17) is 0 Å². The van der Waals surface area contributed by atoms with Crippen LogP contribution in [0.4, 0.5) is 0 Å². The molecular formula is C17H14O. The topological polar surface area (TPSA) is 20.2 Å². The van der Waals surface area contributed by atoms with Crippen LogP contribution in [0.5, 0.6) is 0 Å². The highest BCUT2D eigenvalue weighted by Gasteiger charge is 1.90. The van der Waals surface area contributed by atoms with Gasteiger partial charge >= 0.3 is 0 Å². The second-order valence-corrected chi connectivity index (χ2v) is 3.90. The number of rotatable bonds is 2. The molecule has 1 N–H and O–H groups in total. The van der Waals surface area contributed by atoms with Crippen LogP contribution in [0.3, 0.4) is 0 Å². The predicted molar refractivity (Wildman–Crippen MR) is 74.2 cm³/mol. The summed E-state index contributed by atoms with van der Waals surface area (Å²) in [4.78, 5) is 0. The molecule has 88 valence electrons. The van der Waals surface area contributed by atoms with Gasteiger partial charge in [0.05, 0.1) is 0 Å². The van der Waals surface area contributed by atoms with Crippen LogP contribution in [-0.2, 0) is 6.42 Å². The first-order chi connectivity index (χ1) is 8.84. The first-order valence-electron chi connectivity index (χ1n) is 5.85. The zero-order chi connectivity index (χ0) is 12.6. The minimum Gasteiger partial charge on any atom is -0.501 e. The van der Waals surface area contributed by atoms with E-state index in [1.165, 1.54) is 0 Å². The van der Waals surface area contributed by atoms with Gasteiger partial charge in [-0.15, -0.1) is 0 Å². The van der Waals surface area contributed by atoms with Crippen molar-refractivity contribution in [2.24, 2.45) is 0 Å². The second kappa shape index (κ2) is 6.32. The summed E-state index contributed by atoms with van der Waals surface area (Å²) < 4.78 is 0. The Labute approximate surface area is 107 Å². The van der Waals surface area contributed by atoms with Gasteiger partial charge in [0.2, 0.25) is 0 Å². The molecule has 1 nitrogen and oxygen atoms in total. The number of allylic oxidation sites excluding steroid dienone is 2. The van der Waals surface area contributed by atoms with Crippen LogP contribution < -0.4 is 0 Å². The van der Waals surface area contributed by atoms with Gasteiger partial charge in [-0.05, 0) is 36.1 Å². The summed E-state index contributed by atoms with van der Waals surface area (Å²) in [7, 11) is 0. The van der Waals surface area contributed by atoms with Gasteiger partial charge in [0.25, 0.3) is 0 Å². The van der Waals surface area contributed by atoms with Gasteiger partial charge in [0.1, 0.15) is 0 Å². The average molecular weight is 234 g/mol. The summed E-state index contributed by atoms with van der Waals surface area (Å²) in [5, 5.41) is 9.66. The lowest BCUT2D eigenvalue weighted by molar-refractivity contribution is 0.436. The summed E-state index contributed by atoms with van der Waals surface area (Å²) in [5.41, 5.74) is 2.06. The van der Waals surface area contributed by atoms with Gasteiger partial charge in [-0.1, -0.05) is 54.5 Å². The van der Waals surface area contributed by atoms with Crippen molar-refractivity contribution < 1.29 is 5.11 Å². The fourth-order valence-corrected chi connectivity index (χ4v) is 1.54. The van der Waals surface area contributed by atoms with Crippen LogP contribution in [0.25, 0.3) is 0 Å². The van der Waals surface area contributed by atoms with Crippen LogP contribution in [-0.4, -0.2) is 5.11 Å². The van der Waals surface area contributed by atoms with Gasteiger partial charge in [0.15, 0.2) is 5.76 Å². The van der Waals surface area contributed by atoms with Crippen molar-refractivity contribution in [3.63, 3.8) is 0 Å². The normalized spacial score (nSPS) is 10.6. The van der Waals surface area contributed by atoms with Crippen molar-refractivity contribution >= 4 is 0 Å². The Hall–Kier alpha value is -2.46. The lowest BCUT2D eigenvalue weighted by atomic mass is 10.1. The van der Waals surface area contributed by atoms with Gasteiger partial charge in [-0.2, -0.15) is 0 Å². The zero-order valence-corrected chi connectivity index (χ0v) is 10.0. The average Bonchev–Trinajstić information content (AvgIpc) is 2.45. The van der Waals surface area contributed by atoms with E-state index in [9.17, 15) is 5.11 Å². The third-order valence-electron chi connectivity index (χ3n) is 2.48. The molecule has 0 aliphatic carbocycles. The molecule has 18 heavy (non-hydrogen) atoms. The second-order valence-electron chi connectivity index (χ2n) is 3.90. The molecule has 0 aromatic heterocycles. The van der Waals surface area contributed by atoms with Crippen LogP contribution in [0.2, 0.25) is 0 Å². The molecule has 0 saturated heterocycles. The largest absolute Gasteiger partial charge is 0.501 e. The van der Waals surface area contributed by atoms with Gasteiger partial charge < -0.3 is 5.11 Å². The summed E-state index contributed by atoms with van der Waals surface area (Å²) in [6, 6.07) is 19.6. The summed E-state index contributed by atoms with van der Waals surface area (Å²) in [6.07, 6.45) is 2.42. The Balaban J connectivity index is 2.00. The van der Waals surface area contributed by atoms with Crippen molar-refractivity contribution in [2.45, 2.75) is 6.42 Å². The van der Waals surface area contributed by atoms with Crippen LogP contribution in [0.1, 0.15) is 11.1 Å². The number of aliphatic hydroxyl groups excluding tert-OH is 1. The minimum atomic E-state index is 0.114. The van der Waals surface area contributed by atoms with Crippen molar-refractivity contribution in [3.05, 3.63) is 83.6 Å². The van der Waals surface area contributed by atoms with E-state index in [0.29, 0.717) is 6.42 Å². The summed E-state index contributed by atoms with van der Waals surface area (Å²) >= 11 is 0. The molecule has 0 spiro atoms. The molecule has 0 heterocycles. The summed E-state index contributed by atoms with van der Waals surface area (Å²) in [6.45, 7) is 0. The quantitative estimate of drug-likeness (QED) is 0.620. The van der Waals surface area contributed by atoms with E-state index in [-0.39, 0.29) is 5.76 Å². The molecule has 2 aromatic carbocycles. The van der Waals surface area contributed by atoms with Crippen molar-refractivity contribution in [2.75, 3.05) is 0 Å². The van der Waals surface area contributed by atoms with E-state index in [1.54, 1.807) is 6.08 Å². The molecular weight excluding hydrogens is 220 g/mol. The molecule has 2 rings (SSSR count). The molecule has 0 fully saturated rings. The number of benzene rings is 2. The van der Waals surface area contributed by atoms with E-state index in [2.05, 4.69) is 11.8 Å². The highest BCUT2D eigenvalue weighted by atomic mass is 16.3. The van der Waals surface area contributed by atoms with E-state index < -0.39 is 0 Å². The first-order valence-corrected chi connectivity index (χ1v) is 5.85. The fourth-order valence-electron chi connectivity index (χ4n) is 1.54. The highest BCUT2D eigenvalue weighted by molar-refractivity contribution is 5.38. The number of aliphatic hydroxyl groups is 1. The van der Waals surface area contributed by atoms with Crippen LogP contribution >= 0.6 is 0 Å². The minimum absolute atomic E-state index is 0.114. The van der Waals surface area contributed by atoms with Crippen LogP contribution in [0.15, 0.2) is 72.5 Å². The smallest absolute Gasteiger partial charge is 0.163 e. The molecule has 0 amide bonds. The number of hydrogen-bond donors (Lipinski definition) is 1. The molecule has 0 bridgehead atoms. The maximum absolute atomic E-state index is 9.66. The Morgan fingerprint density at radius 2 is 1.56 bits per heavy atom. The van der Waals surface area contributed by atoms with Gasteiger partial charge in [-0.3, -0.25) is 0 Å². The molecule has 0 radical (unpaired) electrons. The predicted octanol–water partition coefficient (Wildman–Crippen LogP) is 3.72. The van der Waals surface area contributed by atoms with Crippen molar-refractivity contribution in [1.82, 2.24) is 0 Å². The molecule has 0 aliphatic heterocycles. The zero-order valence-electron chi connectivity index (χ0n) is 10.0. The lowest BCUT2D eigenvalue weighted by Crippen LogP contribution is -1.83. The fraction of sp³-hybridized carbons (Fsp3) is 0.0588. The third kappa shape index (κ3) is 3.84. The molecule has 0 atom stereocenters. The lowest BCUT2D eigenvalue weighted by Gasteiger charge is -1.94. The third-order valence-corrected chi connectivity index (χ3v) is 2.48. The van der Waals surface area contributed by atoms with Gasteiger partial charge in [-0.25, -0.2) is 0 Å². The standard InChI is InChI=1S/C17H14O/c18-17(13-11-15-7-3-1-4-8-15)14-12-16-9-5-2-6-10-16/h1-10,13,18H,11H2/b17-13-. The van der Waals surface area contributed by atoms with E-state index in [0.717, 1.165) is 11.1 Å². The molecule has 0 aliphatic rings. The van der Waals surface area contributed by atoms with Crippen molar-refractivity contribution in [3.8, 4) is 11.8 Å². The Kier molecular flexibility index (Phi) is 4.22. The Morgan fingerprint density at radius 3 is 2.22 bits per heavy atom. The van der Waals surface area contributed by atoms with E-state index in [1.807, 2.05) is 60.7 Å². The highest BCUT2D eigenvalue weighted by Crippen LogP contribution is 2.02. The van der Waals surface area contributed by atoms with E-state index >= 15 is 0 Å². The molecule has 1 heteroatoms. The Morgan fingerprint density at radius 1 is 0.944 bits per heavy atom. The molecule has 0 unspecified atom stereocenters. The maximum Gasteiger partial charge on any atom is 0.163 e. The Bertz CT molecular complexity index is 571. The van der Waals surface area contributed by atoms with Crippen molar-refractivity contribution in [1.29, 1.82) is 0 Å². The first kappa shape index (κ1) is 12.0. The molecule has 2 aromatic rings. The van der Waals surface area contributed by atoms with Gasteiger partial charge in [0, 0.05) is 5.56 Å². The molecule has 0 saturated carbocycles. The maximum atomic E-state index is 9.66. The number of hydrogen-bond acceptors (Lipinski definition) is 1.